The number of hydrogen-bond donors (Lipinski definition) is 2. The molecule has 0 aromatic carbocycles. The van der Waals surface area contributed by atoms with Gasteiger partial charge in [-0.1, -0.05) is 39.0 Å². The number of unbranched alkanes of at least 4 members (excludes halogenated alkanes) is 5. The summed E-state index contributed by atoms with van der Waals surface area (Å²) < 4.78 is 0. The van der Waals surface area contributed by atoms with Crippen LogP contribution >= 0.6 is 0 Å². The summed E-state index contributed by atoms with van der Waals surface area (Å²) in [7, 11) is 0. The molecule has 0 bridgehead atoms. The molecule has 0 amide bonds. The predicted molar refractivity (Wildman–Crippen MR) is 77.2 cm³/mol. The van der Waals surface area contributed by atoms with Crippen LogP contribution in [0.25, 0.3) is 0 Å². The van der Waals surface area contributed by atoms with Crippen molar-refractivity contribution in [2.75, 3.05) is 32.7 Å². The molecule has 0 rings (SSSR count). The van der Waals surface area contributed by atoms with Crippen molar-refractivity contribution in [3.63, 3.8) is 0 Å². The maximum atomic E-state index is 5.56. The van der Waals surface area contributed by atoms with E-state index < -0.39 is 0 Å². The third-order valence-corrected chi connectivity index (χ3v) is 3.18. The average Bonchev–Trinajstić information content (AvgIpc) is 2.35. The fourth-order valence-electron chi connectivity index (χ4n) is 2.08. The predicted octanol–water partition coefficient (Wildman–Crippen LogP) is 2.35. The van der Waals surface area contributed by atoms with Gasteiger partial charge in [-0.15, -0.1) is 0 Å². The van der Waals surface area contributed by atoms with Crippen LogP contribution in [0.3, 0.4) is 0 Å². The molecule has 0 spiro atoms. The summed E-state index contributed by atoms with van der Waals surface area (Å²) in [6.07, 6.45) is 10.5. The van der Waals surface area contributed by atoms with E-state index in [1.807, 2.05) is 0 Å². The summed E-state index contributed by atoms with van der Waals surface area (Å²) in [5, 5.41) is 0. The first-order chi connectivity index (χ1) is 8.35. The van der Waals surface area contributed by atoms with Gasteiger partial charge in [-0.2, -0.15) is 0 Å². The third-order valence-electron chi connectivity index (χ3n) is 3.18. The molecule has 0 fully saturated rings. The molecule has 17 heavy (non-hydrogen) atoms. The van der Waals surface area contributed by atoms with E-state index in [9.17, 15) is 0 Å². The molecule has 0 saturated heterocycles. The Labute approximate surface area is 108 Å². The van der Waals surface area contributed by atoms with Gasteiger partial charge >= 0.3 is 0 Å². The normalized spacial score (nSPS) is 11.3. The molecule has 0 unspecified atom stereocenters. The molecule has 0 radical (unpaired) electrons. The van der Waals surface area contributed by atoms with Crippen molar-refractivity contribution in [3.8, 4) is 0 Å². The van der Waals surface area contributed by atoms with Gasteiger partial charge in [-0.05, 0) is 52.0 Å². The van der Waals surface area contributed by atoms with Crippen molar-refractivity contribution in [3.05, 3.63) is 0 Å². The lowest BCUT2D eigenvalue weighted by atomic mass is 10.1. The third kappa shape index (κ3) is 12.1. The van der Waals surface area contributed by atoms with Gasteiger partial charge in [0, 0.05) is 0 Å². The minimum atomic E-state index is 0.801. The number of nitrogens with two attached hydrogens (primary N) is 2. The van der Waals surface area contributed by atoms with E-state index in [1.54, 1.807) is 0 Å². The lowest BCUT2D eigenvalue weighted by Crippen LogP contribution is -2.29. The Morgan fingerprint density at radius 3 is 1.65 bits per heavy atom. The van der Waals surface area contributed by atoms with Gasteiger partial charge in [0.2, 0.25) is 0 Å². The van der Waals surface area contributed by atoms with Crippen molar-refractivity contribution in [1.29, 1.82) is 0 Å². The molecule has 0 atom stereocenters. The van der Waals surface area contributed by atoms with Crippen LogP contribution in [-0.4, -0.2) is 37.6 Å². The summed E-state index contributed by atoms with van der Waals surface area (Å²) in [4.78, 5) is 2.53. The highest BCUT2D eigenvalue weighted by molar-refractivity contribution is 4.59. The number of hydrogen-bond acceptors (Lipinski definition) is 3. The van der Waals surface area contributed by atoms with Crippen LogP contribution in [0.5, 0.6) is 0 Å². The molecule has 0 heterocycles. The second kappa shape index (κ2) is 13.9. The van der Waals surface area contributed by atoms with Gasteiger partial charge in [0.05, 0.1) is 0 Å². The summed E-state index contributed by atoms with van der Waals surface area (Å²) >= 11 is 0. The molecular weight excluding hydrogens is 210 g/mol. The SMILES string of the molecule is CCCCCCCCN(CCCN)CCCN. The molecular formula is C14H33N3. The lowest BCUT2D eigenvalue weighted by molar-refractivity contribution is 0.263. The fraction of sp³-hybridized carbons (Fsp3) is 1.00. The zero-order valence-electron chi connectivity index (χ0n) is 11.8. The Kier molecular flexibility index (Phi) is 13.8. The zero-order valence-corrected chi connectivity index (χ0v) is 11.8. The Morgan fingerprint density at radius 1 is 0.647 bits per heavy atom. The molecule has 0 aromatic rings. The van der Waals surface area contributed by atoms with E-state index >= 15 is 0 Å². The minimum Gasteiger partial charge on any atom is -0.330 e. The molecule has 3 nitrogen and oxygen atoms in total. The van der Waals surface area contributed by atoms with Crippen molar-refractivity contribution in [2.45, 2.75) is 58.3 Å². The Bertz CT molecular complexity index is 131. The van der Waals surface area contributed by atoms with Crippen LogP contribution in [0, 0.1) is 0 Å². The summed E-state index contributed by atoms with van der Waals surface area (Å²) in [6, 6.07) is 0. The van der Waals surface area contributed by atoms with E-state index in [2.05, 4.69) is 11.8 Å². The minimum absolute atomic E-state index is 0.801. The van der Waals surface area contributed by atoms with Crippen molar-refractivity contribution >= 4 is 0 Å². The van der Waals surface area contributed by atoms with E-state index in [-0.39, 0.29) is 0 Å². The van der Waals surface area contributed by atoms with Crippen LogP contribution < -0.4 is 11.5 Å². The quantitative estimate of drug-likeness (QED) is 0.488. The van der Waals surface area contributed by atoms with Gasteiger partial charge in [0.25, 0.3) is 0 Å². The molecule has 0 aromatic heterocycles. The molecule has 3 heteroatoms. The smallest absolute Gasteiger partial charge is 0.000671 e. The van der Waals surface area contributed by atoms with Crippen LogP contribution in [0.1, 0.15) is 58.3 Å². The van der Waals surface area contributed by atoms with E-state index in [0.717, 1.165) is 39.0 Å². The molecule has 0 saturated carbocycles. The molecule has 4 N–H and O–H groups in total. The Morgan fingerprint density at radius 2 is 1.12 bits per heavy atom. The van der Waals surface area contributed by atoms with Crippen LogP contribution in [0.2, 0.25) is 0 Å². The van der Waals surface area contributed by atoms with Gasteiger partial charge in [-0.3, -0.25) is 0 Å². The van der Waals surface area contributed by atoms with E-state index in [0.29, 0.717) is 0 Å². The molecule has 0 aliphatic carbocycles. The van der Waals surface area contributed by atoms with Crippen molar-refractivity contribution in [2.24, 2.45) is 11.5 Å². The molecule has 0 aliphatic rings. The van der Waals surface area contributed by atoms with Gasteiger partial charge in [0.1, 0.15) is 0 Å². The maximum absolute atomic E-state index is 5.56. The second-order valence-corrected chi connectivity index (χ2v) is 4.89. The topological polar surface area (TPSA) is 55.3 Å². The highest BCUT2D eigenvalue weighted by Gasteiger charge is 2.03. The van der Waals surface area contributed by atoms with Gasteiger partial charge < -0.3 is 16.4 Å². The lowest BCUT2D eigenvalue weighted by Gasteiger charge is -2.21. The Balaban J connectivity index is 3.45. The zero-order chi connectivity index (χ0) is 12.8. The first-order valence-electron chi connectivity index (χ1n) is 7.47. The largest absolute Gasteiger partial charge is 0.330 e. The standard InChI is InChI=1S/C14H33N3/c1-2-3-4-5-6-7-12-17(13-8-10-15)14-9-11-16/h2-16H2,1H3. The average molecular weight is 243 g/mol. The highest BCUT2D eigenvalue weighted by atomic mass is 15.1. The number of rotatable bonds is 13. The van der Waals surface area contributed by atoms with Crippen molar-refractivity contribution < 1.29 is 0 Å². The van der Waals surface area contributed by atoms with Crippen LogP contribution in [-0.2, 0) is 0 Å². The first kappa shape index (κ1) is 16.9. The van der Waals surface area contributed by atoms with Gasteiger partial charge in [0.15, 0.2) is 0 Å². The Hall–Kier alpha value is -0.120. The summed E-state index contributed by atoms with van der Waals surface area (Å²) in [5.41, 5.74) is 11.1. The van der Waals surface area contributed by atoms with Crippen LogP contribution in [0.15, 0.2) is 0 Å². The fourth-order valence-corrected chi connectivity index (χ4v) is 2.08. The molecule has 0 aliphatic heterocycles. The van der Waals surface area contributed by atoms with Gasteiger partial charge in [-0.25, -0.2) is 0 Å². The summed E-state index contributed by atoms with van der Waals surface area (Å²) in [6.45, 7) is 7.38. The maximum Gasteiger partial charge on any atom is -0.000671 e. The monoisotopic (exact) mass is 243 g/mol. The van der Waals surface area contributed by atoms with E-state index in [4.69, 9.17) is 11.5 Å². The first-order valence-corrected chi connectivity index (χ1v) is 7.47. The highest BCUT2D eigenvalue weighted by Crippen LogP contribution is 2.06. The van der Waals surface area contributed by atoms with Crippen LogP contribution in [0.4, 0.5) is 0 Å². The van der Waals surface area contributed by atoms with E-state index in [1.165, 1.54) is 45.1 Å². The summed E-state index contributed by atoms with van der Waals surface area (Å²) in [5.74, 6) is 0. The number of nitrogens with zero attached hydrogens (tertiary/aromatic N) is 1. The molecule has 104 valence electrons. The van der Waals surface area contributed by atoms with Crippen molar-refractivity contribution in [1.82, 2.24) is 4.90 Å². The second-order valence-electron chi connectivity index (χ2n) is 4.89.